The van der Waals surface area contributed by atoms with Crippen molar-refractivity contribution >= 4 is 41.3 Å². The summed E-state index contributed by atoms with van der Waals surface area (Å²) in [7, 11) is 0. The first-order chi connectivity index (χ1) is 13.3. The Morgan fingerprint density at radius 1 is 1.36 bits per heavy atom. The summed E-state index contributed by atoms with van der Waals surface area (Å²) in [6, 6.07) is 4.73. The van der Waals surface area contributed by atoms with Crippen LogP contribution in [0.3, 0.4) is 0 Å². The number of aliphatic hydroxyl groups is 1. The molecule has 1 aliphatic carbocycles. The number of guanidine groups is 1. The highest BCUT2D eigenvalue weighted by molar-refractivity contribution is 14.0. The Morgan fingerprint density at radius 3 is 2.79 bits per heavy atom. The summed E-state index contributed by atoms with van der Waals surface area (Å²) in [5, 5.41) is 19.0. The molecular weight excluding hydrogens is 487 g/mol. The molecule has 160 valence electrons. The molecule has 0 spiro atoms. The van der Waals surface area contributed by atoms with Crippen molar-refractivity contribution in [1.82, 2.24) is 15.5 Å². The fraction of sp³-hybridized carbons (Fsp3) is 0.750. The molecule has 1 aromatic rings. The second kappa shape index (κ2) is 13.0. The molecule has 28 heavy (non-hydrogen) atoms. The third kappa shape index (κ3) is 8.14. The van der Waals surface area contributed by atoms with Gasteiger partial charge in [0.1, 0.15) is 0 Å². The summed E-state index contributed by atoms with van der Waals surface area (Å²) in [5.74, 6) is 1.49. The molecule has 0 bridgehead atoms. The summed E-state index contributed by atoms with van der Waals surface area (Å²) in [6.07, 6.45) is 4.55. The highest BCUT2D eigenvalue weighted by Crippen LogP contribution is 2.29. The number of likely N-dealkylation sites (tertiary alicyclic amines) is 1. The van der Waals surface area contributed by atoms with Crippen LogP contribution in [0, 0.1) is 5.92 Å². The molecule has 2 unspecified atom stereocenters. The van der Waals surface area contributed by atoms with Gasteiger partial charge in [-0.05, 0) is 63.1 Å². The first-order valence-electron chi connectivity index (χ1n) is 10.3. The van der Waals surface area contributed by atoms with Crippen molar-refractivity contribution in [3.8, 4) is 0 Å². The number of rotatable bonds is 11. The molecule has 2 atom stereocenters. The Kier molecular flexibility index (Phi) is 11.1. The predicted octanol–water partition coefficient (Wildman–Crippen LogP) is 2.85. The number of hydrogen-bond donors (Lipinski definition) is 3. The zero-order valence-corrected chi connectivity index (χ0v) is 20.0. The van der Waals surface area contributed by atoms with Gasteiger partial charge in [-0.15, -0.1) is 35.3 Å². The van der Waals surface area contributed by atoms with Crippen molar-refractivity contribution in [1.29, 1.82) is 0 Å². The van der Waals surface area contributed by atoms with Crippen molar-refractivity contribution in [2.75, 3.05) is 45.9 Å². The van der Waals surface area contributed by atoms with Crippen LogP contribution in [0.1, 0.15) is 43.5 Å². The lowest BCUT2D eigenvalue weighted by Gasteiger charge is -2.27. The van der Waals surface area contributed by atoms with Crippen molar-refractivity contribution in [3.63, 3.8) is 0 Å². The average molecular weight is 522 g/mol. The standard InChI is InChI=1S/C20H34N4O2S.HI/c1-2-21-20(22-12-17(25)15-26-14-16-7-8-16)23-13-18(19-6-5-11-27-19)24-9-3-4-10-24;/h5-6,11,16-18,25H,2-4,7-10,12-15H2,1H3,(H2,21,22,23);1H. The number of aliphatic imine (C=N–C) groups is 1. The minimum Gasteiger partial charge on any atom is -0.389 e. The number of nitrogens with one attached hydrogen (secondary N) is 2. The molecule has 1 saturated carbocycles. The van der Waals surface area contributed by atoms with Gasteiger partial charge in [-0.2, -0.15) is 0 Å². The number of nitrogens with zero attached hydrogens (tertiary/aromatic N) is 2. The molecule has 1 aromatic heterocycles. The second-order valence-corrected chi connectivity index (χ2v) is 8.49. The lowest BCUT2D eigenvalue weighted by Crippen LogP contribution is -2.43. The number of thiophene rings is 1. The molecule has 0 aromatic carbocycles. The first-order valence-corrected chi connectivity index (χ1v) is 11.2. The largest absolute Gasteiger partial charge is 0.389 e. The molecule has 1 aliphatic heterocycles. The van der Waals surface area contributed by atoms with E-state index in [1.807, 2.05) is 11.3 Å². The Bertz CT molecular complexity index is 563. The lowest BCUT2D eigenvalue weighted by atomic mass is 10.2. The zero-order chi connectivity index (χ0) is 18.9. The predicted molar refractivity (Wildman–Crippen MR) is 127 cm³/mol. The summed E-state index contributed by atoms with van der Waals surface area (Å²) in [5.41, 5.74) is 0. The highest BCUT2D eigenvalue weighted by Gasteiger charge is 2.24. The van der Waals surface area contributed by atoms with Crippen LogP contribution >= 0.6 is 35.3 Å². The van der Waals surface area contributed by atoms with E-state index in [2.05, 4.69) is 45.0 Å². The maximum atomic E-state index is 10.1. The van der Waals surface area contributed by atoms with Gasteiger partial charge in [0, 0.05) is 24.6 Å². The van der Waals surface area contributed by atoms with Gasteiger partial charge < -0.3 is 20.5 Å². The van der Waals surface area contributed by atoms with E-state index in [1.165, 1.54) is 30.6 Å². The van der Waals surface area contributed by atoms with Crippen LogP contribution in [0.25, 0.3) is 0 Å². The molecule has 2 heterocycles. The van der Waals surface area contributed by atoms with Crippen LogP contribution in [-0.2, 0) is 4.74 Å². The maximum Gasteiger partial charge on any atom is 0.191 e. The second-order valence-electron chi connectivity index (χ2n) is 7.51. The smallest absolute Gasteiger partial charge is 0.191 e. The molecule has 2 aliphatic rings. The Hall–Kier alpha value is -0.420. The monoisotopic (exact) mass is 522 g/mol. The summed E-state index contributed by atoms with van der Waals surface area (Å²) >= 11 is 1.82. The normalized spacial score (nSPS) is 19.9. The molecule has 0 amide bonds. The fourth-order valence-corrected chi connectivity index (χ4v) is 4.24. The fourth-order valence-electron chi connectivity index (χ4n) is 3.38. The lowest BCUT2D eigenvalue weighted by molar-refractivity contribution is 0.0368. The van der Waals surface area contributed by atoms with Crippen LogP contribution in [0.2, 0.25) is 0 Å². The van der Waals surface area contributed by atoms with Gasteiger partial charge in [-0.1, -0.05) is 6.07 Å². The Balaban J connectivity index is 0.00000280. The molecule has 3 rings (SSSR count). The minimum atomic E-state index is -0.550. The van der Waals surface area contributed by atoms with Crippen molar-refractivity contribution in [2.45, 2.75) is 44.8 Å². The van der Waals surface area contributed by atoms with Gasteiger partial charge >= 0.3 is 0 Å². The van der Waals surface area contributed by atoms with Crippen LogP contribution in [0.4, 0.5) is 0 Å². The third-order valence-corrected chi connectivity index (χ3v) is 6.05. The van der Waals surface area contributed by atoms with E-state index >= 15 is 0 Å². The van der Waals surface area contributed by atoms with Crippen LogP contribution in [-0.4, -0.2) is 68.0 Å². The van der Waals surface area contributed by atoms with Crippen molar-refractivity contribution in [3.05, 3.63) is 22.4 Å². The average Bonchev–Trinajstić information content (AvgIpc) is 3.13. The van der Waals surface area contributed by atoms with Crippen LogP contribution in [0.5, 0.6) is 0 Å². The summed E-state index contributed by atoms with van der Waals surface area (Å²) in [4.78, 5) is 8.51. The molecule has 3 N–H and O–H groups in total. The van der Waals surface area contributed by atoms with E-state index in [9.17, 15) is 5.11 Å². The van der Waals surface area contributed by atoms with E-state index in [1.54, 1.807) is 0 Å². The Morgan fingerprint density at radius 2 is 2.14 bits per heavy atom. The van der Waals surface area contributed by atoms with Gasteiger partial charge in [-0.3, -0.25) is 9.89 Å². The topological polar surface area (TPSA) is 69.1 Å². The van der Waals surface area contributed by atoms with E-state index in [4.69, 9.17) is 4.74 Å². The van der Waals surface area contributed by atoms with Gasteiger partial charge in [-0.25, -0.2) is 0 Å². The highest BCUT2D eigenvalue weighted by atomic mass is 127. The number of ether oxygens (including phenoxy) is 1. The molecule has 2 fully saturated rings. The third-order valence-electron chi connectivity index (χ3n) is 5.08. The van der Waals surface area contributed by atoms with E-state index in [-0.39, 0.29) is 24.0 Å². The SMILES string of the molecule is CCNC(=NCC(O)COCC1CC1)NCC(c1cccs1)N1CCCC1.I. The molecule has 6 nitrogen and oxygen atoms in total. The van der Waals surface area contributed by atoms with E-state index in [0.29, 0.717) is 19.2 Å². The number of hydrogen-bond acceptors (Lipinski definition) is 5. The van der Waals surface area contributed by atoms with Crippen molar-refractivity contribution in [2.24, 2.45) is 10.9 Å². The summed E-state index contributed by atoms with van der Waals surface area (Å²) < 4.78 is 5.56. The molecule has 8 heteroatoms. The van der Waals surface area contributed by atoms with Gasteiger partial charge in [0.15, 0.2) is 5.96 Å². The molecule has 1 saturated heterocycles. The van der Waals surface area contributed by atoms with Crippen LogP contribution < -0.4 is 10.6 Å². The van der Waals surface area contributed by atoms with Gasteiger partial charge in [0.25, 0.3) is 0 Å². The van der Waals surface area contributed by atoms with E-state index in [0.717, 1.165) is 44.7 Å². The minimum absolute atomic E-state index is 0. The van der Waals surface area contributed by atoms with Gasteiger partial charge in [0.2, 0.25) is 0 Å². The quantitative estimate of drug-likeness (QED) is 0.237. The molecule has 0 radical (unpaired) electrons. The molecular formula is C20H35IN4O2S. The van der Waals surface area contributed by atoms with Crippen LogP contribution in [0.15, 0.2) is 22.5 Å². The zero-order valence-electron chi connectivity index (χ0n) is 16.8. The number of halogens is 1. The van der Waals surface area contributed by atoms with Gasteiger partial charge in [0.05, 0.1) is 25.3 Å². The van der Waals surface area contributed by atoms with Crippen molar-refractivity contribution < 1.29 is 9.84 Å². The first kappa shape index (κ1) is 23.9. The summed E-state index contributed by atoms with van der Waals surface area (Å²) in [6.45, 7) is 7.50. The number of aliphatic hydroxyl groups excluding tert-OH is 1. The maximum absolute atomic E-state index is 10.1. The van der Waals surface area contributed by atoms with E-state index < -0.39 is 6.10 Å². The Labute approximate surface area is 190 Å².